The third kappa shape index (κ3) is 4.82. The highest BCUT2D eigenvalue weighted by Gasteiger charge is 2.09. The minimum Gasteiger partial charge on any atom is -0.478 e. The van der Waals surface area contributed by atoms with Gasteiger partial charge in [0.05, 0.1) is 18.2 Å². The molecule has 1 atom stereocenters. The van der Waals surface area contributed by atoms with Gasteiger partial charge in [0.25, 0.3) is 0 Å². The number of methoxy groups -OCH3 is 1. The van der Waals surface area contributed by atoms with Crippen molar-refractivity contribution in [1.29, 1.82) is 0 Å². The van der Waals surface area contributed by atoms with Gasteiger partial charge in [0.2, 0.25) is 0 Å². The fraction of sp³-hybridized carbons (Fsp3) is 0.312. The van der Waals surface area contributed by atoms with E-state index in [9.17, 15) is 9.59 Å². The van der Waals surface area contributed by atoms with Gasteiger partial charge in [-0.05, 0) is 24.6 Å². The van der Waals surface area contributed by atoms with Crippen LogP contribution >= 0.6 is 0 Å². The van der Waals surface area contributed by atoms with E-state index in [-0.39, 0.29) is 24.2 Å². The molecule has 0 aliphatic rings. The number of anilines is 1. The average Bonchev–Trinajstić information content (AvgIpc) is 3.02. The Kier molecular flexibility index (Phi) is 5.91. The Balaban J connectivity index is 1.84. The molecule has 128 valence electrons. The lowest BCUT2D eigenvalue weighted by Gasteiger charge is -2.10. The monoisotopic (exact) mass is 332 g/mol. The van der Waals surface area contributed by atoms with E-state index in [1.807, 2.05) is 6.92 Å². The normalized spacial score (nSPS) is 11.8. The van der Waals surface area contributed by atoms with Crippen molar-refractivity contribution < 1.29 is 19.4 Å². The molecule has 8 heteroatoms. The Morgan fingerprint density at radius 1 is 1.29 bits per heavy atom. The van der Waals surface area contributed by atoms with Crippen molar-refractivity contribution >= 4 is 17.8 Å². The molecule has 0 radical (unpaired) electrons. The van der Waals surface area contributed by atoms with Crippen molar-refractivity contribution in [2.24, 2.45) is 0 Å². The number of hydrogen-bond acceptors (Lipinski definition) is 4. The molecule has 0 spiro atoms. The van der Waals surface area contributed by atoms with Crippen LogP contribution in [0.25, 0.3) is 0 Å². The van der Waals surface area contributed by atoms with Crippen LogP contribution in [0.2, 0.25) is 0 Å². The molecule has 1 aromatic heterocycles. The van der Waals surface area contributed by atoms with Gasteiger partial charge in [0, 0.05) is 25.9 Å². The Hall–Kier alpha value is -2.87. The number of amides is 2. The summed E-state index contributed by atoms with van der Waals surface area (Å²) in [6.07, 6.45) is 1.77. The SMILES string of the molecule is COCC(C)n1ccc(NC(=O)NCc2ccc(C(=O)O)cc2)n1. The number of carboxylic acid groups (broad SMARTS) is 1. The Bertz CT molecular complexity index is 696. The number of carboxylic acids is 1. The Morgan fingerprint density at radius 3 is 2.62 bits per heavy atom. The number of aromatic carboxylic acids is 1. The molecule has 0 fully saturated rings. The van der Waals surface area contributed by atoms with Gasteiger partial charge < -0.3 is 15.2 Å². The first-order valence-corrected chi connectivity index (χ1v) is 7.40. The zero-order valence-corrected chi connectivity index (χ0v) is 13.5. The molecule has 0 aliphatic heterocycles. The summed E-state index contributed by atoms with van der Waals surface area (Å²) in [5.41, 5.74) is 1.01. The minimum atomic E-state index is -0.981. The summed E-state index contributed by atoms with van der Waals surface area (Å²) in [4.78, 5) is 22.7. The molecule has 2 aromatic rings. The molecule has 0 saturated carbocycles. The average molecular weight is 332 g/mol. The lowest BCUT2D eigenvalue weighted by Crippen LogP contribution is -2.28. The number of benzene rings is 1. The molecular formula is C16H20N4O4. The van der Waals surface area contributed by atoms with Gasteiger partial charge >= 0.3 is 12.0 Å². The lowest BCUT2D eigenvalue weighted by atomic mass is 10.1. The molecule has 2 rings (SSSR count). The zero-order chi connectivity index (χ0) is 17.5. The molecule has 0 aliphatic carbocycles. The maximum atomic E-state index is 11.9. The highest BCUT2D eigenvalue weighted by molar-refractivity contribution is 5.88. The van der Waals surface area contributed by atoms with Gasteiger partial charge in [-0.15, -0.1) is 0 Å². The molecule has 1 aromatic carbocycles. The number of nitrogens with one attached hydrogen (secondary N) is 2. The van der Waals surface area contributed by atoms with Gasteiger partial charge in [-0.1, -0.05) is 12.1 Å². The van der Waals surface area contributed by atoms with E-state index >= 15 is 0 Å². The lowest BCUT2D eigenvalue weighted by molar-refractivity contribution is 0.0697. The van der Waals surface area contributed by atoms with Gasteiger partial charge in [-0.25, -0.2) is 9.59 Å². The molecule has 0 saturated heterocycles. The van der Waals surface area contributed by atoms with Crippen LogP contribution in [0.5, 0.6) is 0 Å². The summed E-state index contributed by atoms with van der Waals surface area (Å²) >= 11 is 0. The smallest absolute Gasteiger partial charge is 0.335 e. The van der Waals surface area contributed by atoms with Gasteiger partial charge in [-0.2, -0.15) is 5.10 Å². The number of nitrogens with zero attached hydrogens (tertiary/aromatic N) is 2. The first-order chi connectivity index (χ1) is 11.5. The molecule has 3 N–H and O–H groups in total. The molecule has 2 amide bonds. The summed E-state index contributed by atoms with van der Waals surface area (Å²) in [6.45, 7) is 2.77. The Labute approximate surface area is 139 Å². The summed E-state index contributed by atoms with van der Waals surface area (Å²) < 4.78 is 6.77. The van der Waals surface area contributed by atoms with Crippen LogP contribution in [-0.4, -0.2) is 40.6 Å². The number of carbonyl (C=O) groups excluding carboxylic acids is 1. The van der Waals surface area contributed by atoms with Crippen molar-refractivity contribution in [3.05, 3.63) is 47.7 Å². The number of rotatable bonds is 7. The van der Waals surface area contributed by atoms with Gasteiger partial charge in [0.15, 0.2) is 5.82 Å². The number of carbonyl (C=O) groups is 2. The third-order valence-corrected chi connectivity index (χ3v) is 3.36. The summed E-state index contributed by atoms with van der Waals surface area (Å²) in [5.74, 6) is -0.540. The van der Waals surface area contributed by atoms with E-state index < -0.39 is 5.97 Å². The predicted octanol–water partition coefficient (Wildman–Crippen LogP) is 2.11. The first-order valence-electron chi connectivity index (χ1n) is 7.40. The van der Waals surface area contributed by atoms with E-state index in [0.717, 1.165) is 5.56 Å². The van der Waals surface area contributed by atoms with Crippen molar-refractivity contribution in [2.75, 3.05) is 19.0 Å². The molecule has 1 heterocycles. The second-order valence-corrected chi connectivity index (χ2v) is 5.30. The first kappa shape index (κ1) is 17.5. The largest absolute Gasteiger partial charge is 0.478 e. The predicted molar refractivity (Wildman–Crippen MR) is 88.1 cm³/mol. The van der Waals surface area contributed by atoms with E-state index in [2.05, 4.69) is 15.7 Å². The molecule has 1 unspecified atom stereocenters. The third-order valence-electron chi connectivity index (χ3n) is 3.36. The van der Waals surface area contributed by atoms with E-state index in [0.29, 0.717) is 12.4 Å². The summed E-state index contributed by atoms with van der Waals surface area (Å²) in [5, 5.41) is 18.4. The minimum absolute atomic E-state index is 0.0707. The zero-order valence-electron chi connectivity index (χ0n) is 13.5. The van der Waals surface area contributed by atoms with Crippen LogP contribution < -0.4 is 10.6 Å². The highest BCUT2D eigenvalue weighted by Crippen LogP contribution is 2.09. The molecular weight excluding hydrogens is 312 g/mol. The van der Waals surface area contributed by atoms with Crippen LogP contribution in [0.3, 0.4) is 0 Å². The van der Waals surface area contributed by atoms with E-state index in [1.165, 1.54) is 12.1 Å². The highest BCUT2D eigenvalue weighted by atomic mass is 16.5. The topological polar surface area (TPSA) is 105 Å². The van der Waals surface area contributed by atoms with Crippen molar-refractivity contribution in [3.8, 4) is 0 Å². The van der Waals surface area contributed by atoms with Crippen LogP contribution in [-0.2, 0) is 11.3 Å². The van der Waals surface area contributed by atoms with Crippen molar-refractivity contribution in [1.82, 2.24) is 15.1 Å². The quantitative estimate of drug-likeness (QED) is 0.720. The van der Waals surface area contributed by atoms with Crippen LogP contribution in [0, 0.1) is 0 Å². The molecule has 0 bridgehead atoms. The Morgan fingerprint density at radius 2 is 2.00 bits per heavy atom. The molecule has 8 nitrogen and oxygen atoms in total. The van der Waals surface area contributed by atoms with Crippen molar-refractivity contribution in [2.45, 2.75) is 19.5 Å². The number of urea groups is 1. The summed E-state index contributed by atoms with van der Waals surface area (Å²) in [7, 11) is 1.62. The van der Waals surface area contributed by atoms with Gasteiger partial charge in [-0.3, -0.25) is 10.00 Å². The maximum absolute atomic E-state index is 11.9. The summed E-state index contributed by atoms with van der Waals surface area (Å²) in [6, 6.07) is 7.69. The number of aromatic nitrogens is 2. The van der Waals surface area contributed by atoms with E-state index in [4.69, 9.17) is 9.84 Å². The fourth-order valence-electron chi connectivity index (χ4n) is 2.08. The fourth-order valence-corrected chi connectivity index (χ4v) is 2.08. The van der Waals surface area contributed by atoms with Gasteiger partial charge in [0.1, 0.15) is 0 Å². The number of ether oxygens (including phenoxy) is 1. The standard InChI is InChI=1S/C16H20N4O4/c1-11(10-24-2)20-8-7-14(19-20)18-16(23)17-9-12-3-5-13(6-4-12)15(21)22/h3-8,11H,9-10H2,1-2H3,(H,21,22)(H2,17,18,19,23). The van der Waals surface area contributed by atoms with Crippen LogP contribution in [0.15, 0.2) is 36.5 Å². The van der Waals surface area contributed by atoms with Crippen LogP contribution in [0.4, 0.5) is 10.6 Å². The second-order valence-electron chi connectivity index (χ2n) is 5.30. The van der Waals surface area contributed by atoms with E-state index in [1.54, 1.807) is 36.2 Å². The second kappa shape index (κ2) is 8.11. The number of hydrogen-bond donors (Lipinski definition) is 3. The van der Waals surface area contributed by atoms with Crippen molar-refractivity contribution in [3.63, 3.8) is 0 Å². The maximum Gasteiger partial charge on any atom is 0.335 e. The van der Waals surface area contributed by atoms with Crippen LogP contribution in [0.1, 0.15) is 28.9 Å². The molecule has 24 heavy (non-hydrogen) atoms.